The van der Waals surface area contributed by atoms with Gasteiger partial charge in [-0.25, -0.2) is 0 Å². The van der Waals surface area contributed by atoms with E-state index in [1.807, 2.05) is 0 Å². The lowest BCUT2D eigenvalue weighted by molar-refractivity contribution is 0.425. The van der Waals surface area contributed by atoms with E-state index >= 15 is 0 Å². The fourth-order valence-electron chi connectivity index (χ4n) is 2.27. The van der Waals surface area contributed by atoms with Gasteiger partial charge in [-0.15, -0.1) is 0 Å². The zero-order chi connectivity index (χ0) is 14.3. The largest absolute Gasteiger partial charge is 0.314 e. The van der Waals surface area contributed by atoms with E-state index in [4.69, 9.17) is 5.10 Å². The van der Waals surface area contributed by atoms with Gasteiger partial charge in [0.05, 0.1) is 5.69 Å². The monoisotopic (exact) mass is 265 g/mol. The first-order chi connectivity index (χ1) is 9.06. The molecule has 2 atom stereocenters. The molecule has 19 heavy (non-hydrogen) atoms. The minimum Gasteiger partial charge on any atom is -0.314 e. The summed E-state index contributed by atoms with van der Waals surface area (Å²) in [7, 11) is 0. The number of nitrogens with one attached hydrogen (secondary N) is 1. The van der Waals surface area contributed by atoms with Crippen LogP contribution in [0.3, 0.4) is 0 Å². The molecule has 1 aromatic rings. The first-order valence-electron chi connectivity index (χ1n) is 7.84. The Morgan fingerprint density at radius 3 is 2.53 bits per heavy atom. The molecule has 0 amide bonds. The van der Waals surface area contributed by atoms with Crippen LogP contribution in [0.25, 0.3) is 0 Å². The van der Waals surface area contributed by atoms with Crippen LogP contribution in [0.4, 0.5) is 0 Å². The Hall–Kier alpha value is -0.830. The highest BCUT2D eigenvalue weighted by molar-refractivity contribution is 5.02. The van der Waals surface area contributed by atoms with E-state index in [2.05, 4.69) is 56.9 Å². The minimum absolute atomic E-state index is 0.502. The van der Waals surface area contributed by atoms with Gasteiger partial charge in [0.2, 0.25) is 0 Å². The second-order valence-electron chi connectivity index (χ2n) is 5.97. The van der Waals surface area contributed by atoms with Gasteiger partial charge in [0.25, 0.3) is 0 Å². The van der Waals surface area contributed by atoms with Gasteiger partial charge >= 0.3 is 0 Å². The predicted octanol–water partition coefficient (Wildman–Crippen LogP) is 3.81. The lowest BCUT2D eigenvalue weighted by Crippen LogP contribution is -2.31. The van der Waals surface area contributed by atoms with Crippen molar-refractivity contribution >= 4 is 0 Å². The molecule has 0 aromatic carbocycles. The zero-order valence-electron chi connectivity index (χ0n) is 13.3. The average Bonchev–Trinajstić information content (AvgIpc) is 2.83. The quantitative estimate of drug-likeness (QED) is 0.736. The van der Waals surface area contributed by atoms with Crippen LogP contribution in [-0.4, -0.2) is 22.4 Å². The molecule has 2 unspecified atom stereocenters. The molecule has 0 saturated carbocycles. The molecule has 1 heterocycles. The summed E-state index contributed by atoms with van der Waals surface area (Å²) < 4.78 is 2.10. The number of hydrogen-bond acceptors (Lipinski definition) is 2. The first-order valence-corrected chi connectivity index (χ1v) is 7.84. The van der Waals surface area contributed by atoms with Crippen molar-refractivity contribution in [3.05, 3.63) is 18.0 Å². The molecule has 0 fully saturated rings. The highest BCUT2D eigenvalue weighted by Gasteiger charge is 2.12. The Morgan fingerprint density at radius 1 is 1.21 bits per heavy atom. The zero-order valence-corrected chi connectivity index (χ0v) is 13.3. The van der Waals surface area contributed by atoms with E-state index in [0.29, 0.717) is 12.1 Å². The summed E-state index contributed by atoms with van der Waals surface area (Å²) >= 11 is 0. The van der Waals surface area contributed by atoms with Gasteiger partial charge in [-0.2, -0.15) is 5.10 Å². The molecule has 1 rings (SSSR count). The van der Waals surface area contributed by atoms with Crippen LogP contribution in [0.2, 0.25) is 0 Å². The van der Waals surface area contributed by atoms with Crippen LogP contribution in [0.1, 0.15) is 65.6 Å². The fourth-order valence-corrected chi connectivity index (χ4v) is 2.27. The van der Waals surface area contributed by atoms with Gasteiger partial charge < -0.3 is 5.32 Å². The molecule has 3 nitrogen and oxygen atoms in total. The van der Waals surface area contributed by atoms with E-state index in [1.165, 1.54) is 18.5 Å². The van der Waals surface area contributed by atoms with Crippen molar-refractivity contribution in [3.63, 3.8) is 0 Å². The number of nitrogens with zero attached hydrogens (tertiary/aromatic N) is 2. The number of aromatic nitrogens is 2. The molecule has 0 aliphatic heterocycles. The summed E-state index contributed by atoms with van der Waals surface area (Å²) in [6.45, 7) is 12.2. The third-order valence-corrected chi connectivity index (χ3v) is 3.75. The van der Waals surface area contributed by atoms with Crippen LogP contribution in [-0.2, 0) is 6.42 Å². The smallest absolute Gasteiger partial charge is 0.0640 e. The Balaban J connectivity index is 2.55. The third kappa shape index (κ3) is 5.77. The minimum atomic E-state index is 0.502. The molecule has 0 radical (unpaired) electrons. The van der Waals surface area contributed by atoms with Crippen molar-refractivity contribution in [3.8, 4) is 0 Å². The van der Waals surface area contributed by atoms with E-state index in [0.717, 1.165) is 25.3 Å². The molecule has 1 N–H and O–H groups in total. The van der Waals surface area contributed by atoms with Crippen LogP contribution >= 0.6 is 0 Å². The molecule has 0 aliphatic carbocycles. The van der Waals surface area contributed by atoms with Crippen LogP contribution in [0.15, 0.2) is 12.3 Å². The van der Waals surface area contributed by atoms with Crippen LogP contribution in [0, 0.1) is 5.92 Å². The van der Waals surface area contributed by atoms with Crippen LogP contribution < -0.4 is 5.32 Å². The van der Waals surface area contributed by atoms with E-state index in [1.54, 1.807) is 0 Å². The Labute approximate surface area is 118 Å². The highest BCUT2D eigenvalue weighted by Crippen LogP contribution is 2.13. The maximum Gasteiger partial charge on any atom is 0.0640 e. The van der Waals surface area contributed by atoms with E-state index in [9.17, 15) is 0 Å². The maximum absolute atomic E-state index is 4.71. The van der Waals surface area contributed by atoms with E-state index < -0.39 is 0 Å². The molecular weight excluding hydrogens is 234 g/mol. The summed E-state index contributed by atoms with van der Waals surface area (Å²) in [6, 6.07) is 3.24. The van der Waals surface area contributed by atoms with Crippen molar-refractivity contribution in [2.24, 2.45) is 5.92 Å². The fraction of sp³-hybridized carbons (Fsp3) is 0.812. The number of hydrogen-bond donors (Lipinski definition) is 1. The molecule has 0 spiro atoms. The lowest BCUT2D eigenvalue weighted by Gasteiger charge is -2.18. The van der Waals surface area contributed by atoms with Crippen molar-refractivity contribution < 1.29 is 0 Å². The summed E-state index contributed by atoms with van der Waals surface area (Å²) in [5.41, 5.74) is 1.22. The Kier molecular flexibility index (Phi) is 7.14. The van der Waals surface area contributed by atoms with Crippen molar-refractivity contribution in [2.45, 2.75) is 72.4 Å². The lowest BCUT2D eigenvalue weighted by atomic mass is 10.00. The normalized spacial score (nSPS) is 14.8. The number of likely N-dealkylation sites (N-methyl/N-ethyl adjacent to an activating group) is 1. The molecule has 0 bridgehead atoms. The SMILES string of the molecule is CCNC(CCC(C)C)Cc1ccn(C(C)CC)n1. The molecule has 1 aromatic heterocycles. The molecule has 0 aliphatic rings. The second-order valence-corrected chi connectivity index (χ2v) is 5.97. The summed E-state index contributed by atoms with van der Waals surface area (Å²) in [5.74, 6) is 0.777. The summed E-state index contributed by atoms with van der Waals surface area (Å²) in [6.07, 6.45) is 6.81. The standard InChI is InChI=1S/C16H31N3/c1-6-14(5)19-11-10-16(18-19)12-15(17-7-2)9-8-13(3)4/h10-11,13-15,17H,6-9,12H2,1-5H3. The maximum atomic E-state index is 4.71. The van der Waals surface area contributed by atoms with Crippen molar-refractivity contribution in [1.29, 1.82) is 0 Å². The van der Waals surface area contributed by atoms with Gasteiger partial charge in [0.15, 0.2) is 0 Å². The van der Waals surface area contributed by atoms with Gasteiger partial charge in [0, 0.05) is 24.7 Å². The molecule has 110 valence electrons. The highest BCUT2D eigenvalue weighted by atomic mass is 15.3. The topological polar surface area (TPSA) is 29.9 Å². The van der Waals surface area contributed by atoms with Gasteiger partial charge in [-0.1, -0.05) is 27.7 Å². The summed E-state index contributed by atoms with van der Waals surface area (Å²) in [4.78, 5) is 0. The molecule has 0 saturated heterocycles. The van der Waals surface area contributed by atoms with E-state index in [-0.39, 0.29) is 0 Å². The molecular formula is C16H31N3. The van der Waals surface area contributed by atoms with Crippen molar-refractivity contribution in [2.75, 3.05) is 6.54 Å². The van der Waals surface area contributed by atoms with Gasteiger partial charge in [-0.05, 0) is 44.7 Å². The Bertz CT molecular complexity index is 344. The second kappa shape index (κ2) is 8.36. The van der Waals surface area contributed by atoms with Crippen molar-refractivity contribution in [1.82, 2.24) is 15.1 Å². The van der Waals surface area contributed by atoms with Crippen LogP contribution in [0.5, 0.6) is 0 Å². The predicted molar refractivity (Wildman–Crippen MR) is 82.5 cm³/mol. The first kappa shape index (κ1) is 16.2. The number of rotatable bonds is 9. The summed E-state index contributed by atoms with van der Waals surface area (Å²) in [5, 5.41) is 8.30. The molecule has 3 heteroatoms. The van der Waals surface area contributed by atoms with Gasteiger partial charge in [0.1, 0.15) is 0 Å². The average molecular weight is 265 g/mol. The third-order valence-electron chi connectivity index (χ3n) is 3.75. The Morgan fingerprint density at radius 2 is 1.95 bits per heavy atom. The van der Waals surface area contributed by atoms with Gasteiger partial charge in [-0.3, -0.25) is 4.68 Å².